The van der Waals surface area contributed by atoms with Gasteiger partial charge in [-0.3, -0.25) is 9.59 Å². The summed E-state index contributed by atoms with van der Waals surface area (Å²) in [5, 5.41) is 12.5. The van der Waals surface area contributed by atoms with E-state index in [1.54, 1.807) is 6.07 Å². The normalized spacial score (nSPS) is 21.5. The number of piperazine rings is 1. The molecule has 2 atom stereocenters. The maximum Gasteiger partial charge on any atom is 0.269 e. The SMILES string of the molecule is C[C@H]1CN(c2cc(F)c(C3=CCN(c4ncc(C#N)s4)CC3)cc2NC(=O)C2C=NC(=O)C=C2C(F)F)CCN1C. The zero-order chi connectivity index (χ0) is 29.3. The summed E-state index contributed by atoms with van der Waals surface area (Å²) >= 11 is 1.29. The maximum absolute atomic E-state index is 15.7. The topological polar surface area (TPSA) is 105 Å². The van der Waals surface area contributed by atoms with Gasteiger partial charge in [0.1, 0.15) is 22.7 Å². The molecular formula is C28H28F3N7O2S. The highest BCUT2D eigenvalue weighted by molar-refractivity contribution is 7.16. The first kappa shape index (κ1) is 28.5. The van der Waals surface area contributed by atoms with Gasteiger partial charge in [-0.15, -0.1) is 0 Å². The Bertz CT molecular complexity index is 1500. The molecule has 1 aromatic heterocycles. The van der Waals surface area contributed by atoms with Crippen molar-refractivity contribution in [1.29, 1.82) is 5.26 Å². The van der Waals surface area contributed by atoms with Crippen LogP contribution in [0.15, 0.2) is 41.0 Å². The van der Waals surface area contributed by atoms with Gasteiger partial charge in [-0.2, -0.15) is 5.26 Å². The largest absolute Gasteiger partial charge is 0.367 e. The van der Waals surface area contributed by atoms with Gasteiger partial charge in [0, 0.05) is 62.2 Å². The molecule has 3 aliphatic heterocycles. The molecule has 3 aliphatic rings. The summed E-state index contributed by atoms with van der Waals surface area (Å²) in [5.41, 5.74) is 1.17. The van der Waals surface area contributed by atoms with Crippen LogP contribution in [0.3, 0.4) is 0 Å². The number of amides is 2. The van der Waals surface area contributed by atoms with Crippen molar-refractivity contribution in [3.63, 3.8) is 0 Å². The van der Waals surface area contributed by atoms with Crippen LogP contribution >= 0.6 is 11.3 Å². The molecular weight excluding hydrogens is 555 g/mol. The summed E-state index contributed by atoms with van der Waals surface area (Å²) in [6.45, 7) is 4.94. The number of nitriles is 1. The van der Waals surface area contributed by atoms with Crippen molar-refractivity contribution in [2.24, 2.45) is 10.9 Å². The van der Waals surface area contributed by atoms with Crippen molar-refractivity contribution in [3.05, 3.63) is 52.3 Å². The highest BCUT2D eigenvalue weighted by Gasteiger charge is 2.32. The lowest BCUT2D eigenvalue weighted by Gasteiger charge is -2.40. The van der Waals surface area contributed by atoms with Crippen molar-refractivity contribution in [2.45, 2.75) is 25.8 Å². The van der Waals surface area contributed by atoms with E-state index in [1.165, 1.54) is 23.6 Å². The molecule has 9 nitrogen and oxygen atoms in total. The number of alkyl halides is 2. The van der Waals surface area contributed by atoms with Crippen LogP contribution in [0.4, 0.5) is 29.7 Å². The molecule has 214 valence electrons. The summed E-state index contributed by atoms with van der Waals surface area (Å²) < 4.78 is 43.0. The highest BCUT2D eigenvalue weighted by Crippen LogP contribution is 2.37. The van der Waals surface area contributed by atoms with E-state index in [-0.39, 0.29) is 6.04 Å². The van der Waals surface area contributed by atoms with Crippen molar-refractivity contribution in [1.82, 2.24) is 9.88 Å². The van der Waals surface area contributed by atoms with Gasteiger partial charge >= 0.3 is 0 Å². The number of carbonyl (C=O) groups is 2. The third kappa shape index (κ3) is 6.03. The van der Waals surface area contributed by atoms with Crippen molar-refractivity contribution >= 4 is 51.4 Å². The minimum atomic E-state index is -3.01. The Kier molecular flexibility index (Phi) is 8.23. The fourth-order valence-corrected chi connectivity index (χ4v) is 5.87. The van der Waals surface area contributed by atoms with Crippen LogP contribution in [0.2, 0.25) is 0 Å². The van der Waals surface area contributed by atoms with Crippen LogP contribution < -0.4 is 15.1 Å². The van der Waals surface area contributed by atoms with Gasteiger partial charge in [0.15, 0.2) is 5.13 Å². The minimum absolute atomic E-state index is 0.166. The molecule has 5 rings (SSSR count). The average molecular weight is 584 g/mol. The Balaban J connectivity index is 1.46. The smallest absolute Gasteiger partial charge is 0.269 e. The van der Waals surface area contributed by atoms with E-state index in [0.29, 0.717) is 65.6 Å². The summed E-state index contributed by atoms with van der Waals surface area (Å²) in [7, 11) is 2.00. The standard InChI is InChI=1S/C28H28F3N7O2S/c1-16-15-38(8-7-36(16)2)24-11-22(29)19(17-3-5-37(6-4-17)28-34-13-18(12-32)41-28)9-23(24)35-27(40)21-14-33-25(39)10-20(21)26(30)31/h3,9-11,13-14,16,21,26H,4-8,15H2,1-2H3,(H,35,40)/t16-,21?/m0/s1. The van der Waals surface area contributed by atoms with Gasteiger partial charge in [-0.25, -0.2) is 23.1 Å². The molecule has 0 spiro atoms. The molecule has 0 saturated carbocycles. The summed E-state index contributed by atoms with van der Waals surface area (Å²) in [5.74, 6) is -3.52. The quantitative estimate of drug-likeness (QED) is 0.549. The lowest BCUT2D eigenvalue weighted by Crippen LogP contribution is -2.50. The zero-order valence-corrected chi connectivity index (χ0v) is 23.3. The number of halogens is 3. The summed E-state index contributed by atoms with van der Waals surface area (Å²) in [4.78, 5) is 39.3. The minimum Gasteiger partial charge on any atom is -0.367 e. The van der Waals surface area contributed by atoms with Gasteiger partial charge in [0.25, 0.3) is 12.3 Å². The van der Waals surface area contributed by atoms with Crippen molar-refractivity contribution in [2.75, 3.05) is 54.9 Å². The molecule has 2 aromatic rings. The number of hydrogen-bond acceptors (Lipinski definition) is 8. The Hall–Kier alpha value is -4.02. The predicted molar refractivity (Wildman–Crippen MR) is 152 cm³/mol. The number of hydrogen-bond donors (Lipinski definition) is 1. The Morgan fingerprint density at radius 3 is 2.71 bits per heavy atom. The number of thiazole rings is 1. The van der Waals surface area contributed by atoms with E-state index in [9.17, 15) is 18.4 Å². The van der Waals surface area contributed by atoms with Gasteiger partial charge in [0.05, 0.1) is 17.6 Å². The number of likely N-dealkylation sites (N-methyl/N-ethyl adjacent to an activating group) is 1. The van der Waals surface area contributed by atoms with Crippen LogP contribution in [-0.2, 0) is 9.59 Å². The number of aliphatic imine (C=N–C) groups is 1. The number of anilines is 3. The fraction of sp³-hybridized carbons (Fsp3) is 0.393. The van der Waals surface area contributed by atoms with E-state index in [0.717, 1.165) is 18.3 Å². The molecule has 41 heavy (non-hydrogen) atoms. The third-order valence-electron chi connectivity index (χ3n) is 7.61. The van der Waals surface area contributed by atoms with E-state index >= 15 is 4.39 Å². The monoisotopic (exact) mass is 583 g/mol. The number of nitrogens with one attached hydrogen (secondary N) is 1. The zero-order valence-electron chi connectivity index (χ0n) is 22.5. The lowest BCUT2D eigenvalue weighted by molar-refractivity contribution is -0.117. The first-order chi connectivity index (χ1) is 19.6. The second kappa shape index (κ2) is 11.8. The molecule has 0 radical (unpaired) electrons. The molecule has 1 saturated heterocycles. The molecule has 2 amide bonds. The van der Waals surface area contributed by atoms with Crippen molar-refractivity contribution < 1.29 is 22.8 Å². The first-order valence-corrected chi connectivity index (χ1v) is 13.9. The molecule has 1 fully saturated rings. The van der Waals surface area contributed by atoms with Crippen LogP contribution in [0.5, 0.6) is 0 Å². The molecule has 1 N–H and O–H groups in total. The third-order valence-corrected chi connectivity index (χ3v) is 8.57. The molecule has 13 heteroatoms. The van der Waals surface area contributed by atoms with E-state index in [4.69, 9.17) is 5.26 Å². The predicted octanol–water partition coefficient (Wildman–Crippen LogP) is 3.95. The average Bonchev–Trinajstić information content (AvgIpc) is 3.45. The van der Waals surface area contributed by atoms with Crippen LogP contribution in [0.1, 0.15) is 23.8 Å². The summed E-state index contributed by atoms with van der Waals surface area (Å²) in [6, 6.07) is 5.19. The lowest BCUT2D eigenvalue weighted by atomic mass is 9.95. The van der Waals surface area contributed by atoms with Gasteiger partial charge in [-0.05, 0) is 38.1 Å². The second-order valence-corrected chi connectivity index (χ2v) is 11.2. The Labute approximate surface area is 239 Å². The van der Waals surface area contributed by atoms with E-state index < -0.39 is 35.5 Å². The number of rotatable bonds is 6. The van der Waals surface area contributed by atoms with Gasteiger partial charge in [0.2, 0.25) is 5.91 Å². The molecule has 0 aliphatic carbocycles. The number of dihydropyridines is 1. The summed E-state index contributed by atoms with van der Waals surface area (Å²) in [6.07, 6.45) is 2.50. The van der Waals surface area contributed by atoms with Crippen LogP contribution in [0, 0.1) is 23.1 Å². The van der Waals surface area contributed by atoms with Crippen LogP contribution in [0.25, 0.3) is 5.57 Å². The van der Waals surface area contributed by atoms with Crippen LogP contribution in [-0.4, -0.2) is 80.2 Å². The number of aromatic nitrogens is 1. The Morgan fingerprint density at radius 1 is 1.24 bits per heavy atom. The molecule has 1 unspecified atom stereocenters. The maximum atomic E-state index is 15.7. The molecule has 4 heterocycles. The number of carbonyl (C=O) groups excluding carboxylic acids is 2. The number of benzene rings is 1. The van der Waals surface area contributed by atoms with Crippen molar-refractivity contribution in [3.8, 4) is 6.07 Å². The first-order valence-electron chi connectivity index (χ1n) is 13.1. The van der Waals surface area contributed by atoms with Gasteiger partial charge in [-0.1, -0.05) is 17.4 Å². The van der Waals surface area contributed by atoms with E-state index in [2.05, 4.69) is 26.3 Å². The second-order valence-electron chi connectivity index (χ2n) is 10.2. The van der Waals surface area contributed by atoms with E-state index in [1.807, 2.05) is 29.8 Å². The molecule has 0 bridgehead atoms. The van der Waals surface area contributed by atoms with Gasteiger partial charge < -0.3 is 20.0 Å². The molecule has 1 aromatic carbocycles. The number of nitrogens with zero attached hydrogens (tertiary/aromatic N) is 6. The Morgan fingerprint density at radius 2 is 2.05 bits per heavy atom. The highest BCUT2D eigenvalue weighted by atomic mass is 32.1. The fourth-order valence-electron chi connectivity index (χ4n) is 5.12.